The Bertz CT molecular complexity index is 978. The van der Waals surface area contributed by atoms with Crippen LogP contribution in [0.3, 0.4) is 0 Å². The van der Waals surface area contributed by atoms with Crippen molar-refractivity contribution >= 4 is 11.8 Å². The number of hydrogen-bond acceptors (Lipinski definition) is 4. The summed E-state index contributed by atoms with van der Waals surface area (Å²) in [5, 5.41) is 14.1. The zero-order valence-electron chi connectivity index (χ0n) is 22.3. The van der Waals surface area contributed by atoms with Crippen LogP contribution in [0.1, 0.15) is 87.4 Å². The third-order valence-electron chi connectivity index (χ3n) is 9.60. The normalized spacial score (nSPS) is 32.0. The Hall–Kier alpha value is -2.70. The molecule has 0 unspecified atom stereocenters. The molecule has 0 bridgehead atoms. The minimum absolute atomic E-state index is 0.0356. The summed E-state index contributed by atoms with van der Waals surface area (Å²) < 4.78 is 0. The summed E-state index contributed by atoms with van der Waals surface area (Å²) in [5.74, 6) is 1.26. The number of amides is 2. The third kappa shape index (κ3) is 5.52. The summed E-state index contributed by atoms with van der Waals surface area (Å²) in [4.78, 5) is 27.4. The Morgan fingerprint density at radius 3 is 1.39 bits per heavy atom. The first-order valence-electron chi connectivity index (χ1n) is 14.9. The van der Waals surface area contributed by atoms with Gasteiger partial charge in [-0.25, -0.2) is 0 Å². The number of nitrogens with one attached hydrogen (secondary N) is 4. The molecule has 2 aliphatic carbocycles. The van der Waals surface area contributed by atoms with Crippen molar-refractivity contribution < 1.29 is 9.59 Å². The average Bonchev–Trinajstić information content (AvgIpc) is 3.60. The van der Waals surface area contributed by atoms with Crippen LogP contribution in [-0.2, 0) is 9.59 Å². The molecule has 4 N–H and O–H groups in total. The summed E-state index contributed by atoms with van der Waals surface area (Å²) in [6.45, 7) is 0. The van der Waals surface area contributed by atoms with E-state index in [1.54, 1.807) is 0 Å². The maximum absolute atomic E-state index is 13.7. The molecule has 2 saturated heterocycles. The number of hydrogen-bond donors (Lipinski definition) is 4. The molecule has 2 aromatic carbocycles. The number of fused-ring (bicyclic) bond motifs is 2. The van der Waals surface area contributed by atoms with Gasteiger partial charge in [-0.15, -0.1) is 0 Å². The summed E-state index contributed by atoms with van der Waals surface area (Å²) in [7, 11) is 0. The zero-order valence-corrected chi connectivity index (χ0v) is 22.3. The SMILES string of the molecule is O=C(N[C@@H](c1ccccc1)[C@@H](NC(=O)[C@@H]1C[C@@H]2CCCC[C@@H]2N1)c1ccccc1)[C@@H]1C[C@@H]2CCCC[C@@H]2N1. The molecule has 0 spiro atoms. The molecule has 4 fully saturated rings. The second-order valence-electron chi connectivity index (χ2n) is 12.0. The van der Waals surface area contributed by atoms with Gasteiger partial charge in [0.2, 0.25) is 11.8 Å². The first-order chi connectivity index (χ1) is 18.7. The molecule has 202 valence electrons. The predicted molar refractivity (Wildman–Crippen MR) is 149 cm³/mol. The summed E-state index contributed by atoms with van der Waals surface area (Å²) in [6.07, 6.45) is 11.6. The number of benzene rings is 2. The molecule has 2 amide bonds. The summed E-state index contributed by atoms with van der Waals surface area (Å²) in [5.41, 5.74) is 2.00. The lowest BCUT2D eigenvalue weighted by Gasteiger charge is -2.32. The van der Waals surface area contributed by atoms with E-state index in [4.69, 9.17) is 0 Å². The lowest BCUT2D eigenvalue weighted by molar-refractivity contribution is -0.126. The van der Waals surface area contributed by atoms with E-state index in [9.17, 15) is 9.59 Å². The maximum atomic E-state index is 13.7. The Labute approximate surface area is 226 Å². The second-order valence-corrected chi connectivity index (χ2v) is 12.0. The van der Waals surface area contributed by atoms with Crippen molar-refractivity contribution in [3.8, 4) is 0 Å². The molecule has 2 heterocycles. The fourth-order valence-corrected chi connectivity index (χ4v) is 7.59. The molecule has 38 heavy (non-hydrogen) atoms. The highest BCUT2D eigenvalue weighted by molar-refractivity contribution is 5.84. The smallest absolute Gasteiger partial charge is 0.237 e. The van der Waals surface area contributed by atoms with Gasteiger partial charge in [-0.2, -0.15) is 0 Å². The Kier molecular flexibility index (Phi) is 7.80. The van der Waals surface area contributed by atoms with Gasteiger partial charge >= 0.3 is 0 Å². The van der Waals surface area contributed by atoms with Crippen molar-refractivity contribution in [2.75, 3.05) is 0 Å². The van der Waals surface area contributed by atoms with Crippen molar-refractivity contribution in [3.63, 3.8) is 0 Å². The van der Waals surface area contributed by atoms with Crippen LogP contribution in [-0.4, -0.2) is 36.0 Å². The summed E-state index contributed by atoms with van der Waals surface area (Å²) in [6, 6.07) is 20.0. The van der Waals surface area contributed by atoms with Crippen LogP contribution in [0.15, 0.2) is 60.7 Å². The van der Waals surface area contributed by atoms with E-state index in [0.29, 0.717) is 23.9 Å². The topological polar surface area (TPSA) is 82.3 Å². The standard InChI is InChI=1S/C32H42N4O2/c37-31(27-19-23-15-7-9-17-25(23)33-27)35-29(21-11-3-1-4-12-21)30(22-13-5-2-6-14-22)36-32(38)28-20-24-16-8-10-18-26(24)34-28/h1-6,11-14,23-30,33-34H,7-10,15-20H2,(H,35,37)(H,36,38)/t23-,24-,25-,26-,27-,28-,29-,30-/m0/s1. The van der Waals surface area contributed by atoms with Crippen LogP contribution >= 0.6 is 0 Å². The maximum Gasteiger partial charge on any atom is 0.237 e. The van der Waals surface area contributed by atoms with E-state index in [1.165, 1.54) is 38.5 Å². The largest absolute Gasteiger partial charge is 0.345 e. The van der Waals surface area contributed by atoms with Crippen LogP contribution in [0.25, 0.3) is 0 Å². The van der Waals surface area contributed by atoms with Crippen molar-refractivity contribution in [1.82, 2.24) is 21.3 Å². The molecule has 8 atom stereocenters. The third-order valence-corrected chi connectivity index (χ3v) is 9.60. The molecular formula is C32H42N4O2. The van der Waals surface area contributed by atoms with E-state index >= 15 is 0 Å². The van der Waals surface area contributed by atoms with Gasteiger partial charge < -0.3 is 21.3 Å². The average molecular weight is 515 g/mol. The zero-order chi connectivity index (χ0) is 25.9. The highest BCUT2D eigenvalue weighted by Gasteiger charge is 2.41. The van der Waals surface area contributed by atoms with Gasteiger partial charge in [0.25, 0.3) is 0 Å². The van der Waals surface area contributed by atoms with Gasteiger partial charge in [0.1, 0.15) is 0 Å². The quantitative estimate of drug-likeness (QED) is 0.437. The molecule has 0 radical (unpaired) electrons. The molecule has 0 aromatic heterocycles. The fourth-order valence-electron chi connectivity index (χ4n) is 7.59. The van der Waals surface area contributed by atoms with E-state index in [0.717, 1.165) is 36.8 Å². The molecule has 6 heteroatoms. The van der Waals surface area contributed by atoms with Crippen LogP contribution in [0, 0.1) is 11.8 Å². The van der Waals surface area contributed by atoms with Gasteiger partial charge in [0, 0.05) is 12.1 Å². The van der Waals surface area contributed by atoms with Crippen LogP contribution in [0.5, 0.6) is 0 Å². The number of rotatable bonds is 7. The molecule has 4 aliphatic rings. The monoisotopic (exact) mass is 514 g/mol. The summed E-state index contributed by atoms with van der Waals surface area (Å²) >= 11 is 0. The Morgan fingerprint density at radius 2 is 1.00 bits per heavy atom. The molecule has 2 aromatic rings. The predicted octanol–water partition coefficient (Wildman–Crippen LogP) is 4.54. The van der Waals surface area contributed by atoms with Crippen molar-refractivity contribution in [2.45, 2.75) is 100 Å². The molecule has 6 nitrogen and oxygen atoms in total. The van der Waals surface area contributed by atoms with Crippen molar-refractivity contribution in [2.24, 2.45) is 11.8 Å². The van der Waals surface area contributed by atoms with Gasteiger partial charge in [-0.1, -0.05) is 86.3 Å². The Balaban J connectivity index is 1.25. The fraction of sp³-hybridized carbons (Fsp3) is 0.562. The number of carbonyl (C=O) groups is 2. The minimum Gasteiger partial charge on any atom is -0.345 e. The first-order valence-corrected chi connectivity index (χ1v) is 14.9. The Morgan fingerprint density at radius 1 is 0.605 bits per heavy atom. The van der Waals surface area contributed by atoms with E-state index in [1.807, 2.05) is 36.4 Å². The highest BCUT2D eigenvalue weighted by Crippen LogP contribution is 2.36. The highest BCUT2D eigenvalue weighted by atomic mass is 16.2. The van der Waals surface area contributed by atoms with Crippen molar-refractivity contribution in [3.05, 3.63) is 71.8 Å². The molecule has 2 saturated carbocycles. The van der Waals surface area contributed by atoms with Gasteiger partial charge in [0.05, 0.1) is 24.2 Å². The van der Waals surface area contributed by atoms with Crippen molar-refractivity contribution in [1.29, 1.82) is 0 Å². The van der Waals surface area contributed by atoms with E-state index in [2.05, 4.69) is 45.5 Å². The van der Waals surface area contributed by atoms with E-state index in [-0.39, 0.29) is 36.0 Å². The molecular weight excluding hydrogens is 472 g/mol. The first kappa shape index (κ1) is 25.6. The van der Waals surface area contributed by atoms with E-state index < -0.39 is 0 Å². The molecule has 2 aliphatic heterocycles. The van der Waals surface area contributed by atoms with Crippen LogP contribution < -0.4 is 21.3 Å². The van der Waals surface area contributed by atoms with Crippen LogP contribution in [0.4, 0.5) is 0 Å². The second kappa shape index (κ2) is 11.6. The van der Waals surface area contributed by atoms with Gasteiger partial charge in [-0.3, -0.25) is 9.59 Å². The molecule has 6 rings (SSSR count). The van der Waals surface area contributed by atoms with Crippen LogP contribution in [0.2, 0.25) is 0 Å². The minimum atomic E-state index is -0.372. The van der Waals surface area contributed by atoms with Gasteiger partial charge in [-0.05, 0) is 61.5 Å². The lowest BCUT2D eigenvalue weighted by Crippen LogP contribution is -2.50. The number of carbonyl (C=O) groups excluding carboxylic acids is 2. The van der Waals surface area contributed by atoms with Gasteiger partial charge in [0.15, 0.2) is 0 Å². The lowest BCUT2D eigenvalue weighted by atomic mass is 9.85.